The van der Waals surface area contributed by atoms with Gasteiger partial charge < -0.3 is 20.9 Å². The molecule has 140 valence electrons. The molecule has 1 aromatic rings. The second-order valence-corrected chi connectivity index (χ2v) is 6.86. The maximum Gasteiger partial charge on any atom is 0.209 e. The molecule has 6 nitrogen and oxygen atoms in total. The summed E-state index contributed by atoms with van der Waals surface area (Å²) in [6.07, 6.45) is 1.52. The Morgan fingerprint density at radius 2 is 1.96 bits per heavy atom. The Balaban J connectivity index is 3.21. The third kappa shape index (κ3) is 6.83. The molecule has 1 atom stereocenters. The first-order valence-electron chi connectivity index (χ1n) is 7.44. The summed E-state index contributed by atoms with van der Waals surface area (Å²) >= 11 is 5.76. The molecule has 4 N–H and O–H groups in total. The first kappa shape index (κ1) is 21.1. The minimum Gasteiger partial charge on any atom is -0.497 e. The summed E-state index contributed by atoms with van der Waals surface area (Å²) < 4.78 is 36.8. The van der Waals surface area contributed by atoms with Crippen LogP contribution in [0.5, 0.6) is 5.75 Å². The van der Waals surface area contributed by atoms with Crippen molar-refractivity contribution in [2.75, 3.05) is 26.6 Å². The Morgan fingerprint density at radius 3 is 2.44 bits per heavy atom. The summed E-state index contributed by atoms with van der Waals surface area (Å²) in [5.74, 6) is 0.833. The van der Waals surface area contributed by atoms with Gasteiger partial charge in [0.05, 0.1) is 27.4 Å². The molecule has 0 spiro atoms. The summed E-state index contributed by atoms with van der Waals surface area (Å²) in [6.45, 7) is -0.322. The molecule has 0 aliphatic carbocycles. The number of nitrogens with zero attached hydrogens (tertiary/aromatic N) is 1. The number of hydrogen-bond acceptors (Lipinski definition) is 5. The molecular weight excluding hydrogens is 369 g/mol. The van der Waals surface area contributed by atoms with Crippen molar-refractivity contribution in [2.45, 2.75) is 13.0 Å². The van der Waals surface area contributed by atoms with Gasteiger partial charge in [-0.3, -0.25) is 8.70 Å². The van der Waals surface area contributed by atoms with Gasteiger partial charge in [-0.2, -0.15) is 0 Å². The Labute approximate surface area is 154 Å². The number of ether oxygens (including phenoxy) is 2. The van der Waals surface area contributed by atoms with Crippen LogP contribution in [0.4, 0.5) is 4.39 Å². The lowest BCUT2D eigenvalue weighted by molar-refractivity contribution is 0.274. The van der Waals surface area contributed by atoms with Crippen molar-refractivity contribution in [2.24, 2.45) is 11.5 Å². The standard InChI is InChI=1S/C16H23ClFN3O3S/c1-23-13-6-4-12(5-7-13)11-21(25(22)9-3-8-18)14(10-15(17)19)16(20)24-2/h4-7,10H,3,8-9,11,19-20H2,1-2H3/b15-10-,16-14-. The smallest absolute Gasteiger partial charge is 0.209 e. The fraction of sp³-hybridized carbons (Fsp3) is 0.375. The molecule has 0 aliphatic rings. The van der Waals surface area contributed by atoms with Crippen LogP contribution < -0.4 is 16.2 Å². The number of halogens is 2. The fourth-order valence-corrected chi connectivity index (χ4v) is 3.29. The van der Waals surface area contributed by atoms with Crippen molar-refractivity contribution >= 4 is 22.6 Å². The minimum atomic E-state index is -1.55. The lowest BCUT2D eigenvalue weighted by Crippen LogP contribution is -2.29. The van der Waals surface area contributed by atoms with Crippen LogP contribution in [0, 0.1) is 0 Å². The number of benzene rings is 1. The molecule has 1 aromatic carbocycles. The zero-order valence-corrected chi connectivity index (χ0v) is 15.8. The predicted molar refractivity (Wildman–Crippen MR) is 98.5 cm³/mol. The number of rotatable bonds is 10. The molecule has 0 amide bonds. The van der Waals surface area contributed by atoms with Crippen LogP contribution in [0.15, 0.2) is 47.1 Å². The highest BCUT2D eigenvalue weighted by Crippen LogP contribution is 2.21. The topological polar surface area (TPSA) is 90.8 Å². The molecule has 1 rings (SSSR count). The highest BCUT2D eigenvalue weighted by atomic mass is 35.5. The summed E-state index contributed by atoms with van der Waals surface area (Å²) in [4.78, 5) is 0. The zero-order chi connectivity index (χ0) is 18.8. The summed E-state index contributed by atoms with van der Waals surface area (Å²) in [5.41, 5.74) is 12.5. The van der Waals surface area contributed by atoms with Crippen LogP contribution in [0.1, 0.15) is 12.0 Å². The number of methoxy groups -OCH3 is 2. The maximum atomic E-state index is 12.7. The van der Waals surface area contributed by atoms with Crippen molar-refractivity contribution in [1.29, 1.82) is 0 Å². The van der Waals surface area contributed by atoms with E-state index in [1.54, 1.807) is 19.2 Å². The van der Waals surface area contributed by atoms with E-state index >= 15 is 0 Å². The van der Waals surface area contributed by atoms with E-state index < -0.39 is 17.7 Å². The number of hydrogen-bond donors (Lipinski definition) is 2. The van der Waals surface area contributed by atoms with Gasteiger partial charge >= 0.3 is 0 Å². The predicted octanol–water partition coefficient (Wildman–Crippen LogP) is 2.33. The van der Waals surface area contributed by atoms with Crippen LogP contribution >= 0.6 is 11.6 Å². The number of allylic oxidation sites excluding steroid dienone is 1. The van der Waals surface area contributed by atoms with Gasteiger partial charge in [0.2, 0.25) is 5.88 Å². The molecule has 0 bridgehead atoms. The molecule has 1 unspecified atom stereocenters. The Hall–Kier alpha value is -1.93. The Kier molecular flexibility index (Phi) is 9.15. The van der Waals surface area contributed by atoms with Crippen LogP contribution in [0.3, 0.4) is 0 Å². The van der Waals surface area contributed by atoms with E-state index in [4.69, 9.17) is 32.5 Å². The van der Waals surface area contributed by atoms with Gasteiger partial charge in [0, 0.05) is 11.8 Å². The molecule has 0 heterocycles. The first-order valence-corrected chi connectivity index (χ1v) is 9.09. The highest BCUT2D eigenvalue weighted by molar-refractivity contribution is 7.82. The minimum absolute atomic E-state index is 0.00529. The average Bonchev–Trinajstić information content (AvgIpc) is 2.62. The lowest BCUT2D eigenvalue weighted by Gasteiger charge is -2.25. The lowest BCUT2D eigenvalue weighted by atomic mass is 10.2. The molecule has 0 aliphatic heterocycles. The van der Waals surface area contributed by atoms with Gasteiger partial charge in [0.25, 0.3) is 0 Å². The molecule has 0 aromatic heterocycles. The van der Waals surface area contributed by atoms with Gasteiger partial charge in [0.1, 0.15) is 27.6 Å². The molecule has 9 heteroatoms. The van der Waals surface area contributed by atoms with Gasteiger partial charge in [-0.1, -0.05) is 23.7 Å². The van der Waals surface area contributed by atoms with Gasteiger partial charge in [-0.05, 0) is 24.1 Å². The monoisotopic (exact) mass is 391 g/mol. The van der Waals surface area contributed by atoms with E-state index in [2.05, 4.69) is 0 Å². The van der Waals surface area contributed by atoms with Crippen molar-refractivity contribution in [3.05, 3.63) is 52.6 Å². The highest BCUT2D eigenvalue weighted by Gasteiger charge is 2.20. The molecule has 0 saturated heterocycles. The normalized spacial score (nSPS) is 13.8. The molecule has 0 radical (unpaired) electrons. The fourth-order valence-electron chi connectivity index (χ4n) is 1.95. The van der Waals surface area contributed by atoms with Gasteiger partial charge in [0.15, 0.2) is 0 Å². The second kappa shape index (κ2) is 10.8. The second-order valence-electron chi connectivity index (χ2n) is 4.94. The molecular formula is C16H23ClFN3O3S. The third-order valence-electron chi connectivity index (χ3n) is 3.20. The van der Waals surface area contributed by atoms with Crippen LogP contribution in [0.2, 0.25) is 0 Å². The largest absolute Gasteiger partial charge is 0.497 e. The van der Waals surface area contributed by atoms with Crippen LogP contribution in [-0.2, 0) is 22.3 Å². The summed E-state index contributed by atoms with van der Waals surface area (Å²) in [5, 5.41) is -0.0442. The van der Waals surface area contributed by atoms with Gasteiger partial charge in [-0.15, -0.1) is 0 Å². The average molecular weight is 392 g/mol. The number of nitrogens with two attached hydrogens (primary N) is 2. The van der Waals surface area contributed by atoms with Crippen molar-refractivity contribution < 1.29 is 18.1 Å². The Bertz CT molecular complexity index is 634. The maximum absolute atomic E-state index is 12.7. The summed E-state index contributed by atoms with van der Waals surface area (Å²) in [6, 6.07) is 7.22. The van der Waals surface area contributed by atoms with Crippen molar-refractivity contribution in [3.63, 3.8) is 0 Å². The molecule has 25 heavy (non-hydrogen) atoms. The van der Waals surface area contributed by atoms with Crippen molar-refractivity contribution in [3.8, 4) is 5.75 Å². The SMILES string of the molecule is CO/C(N)=C(/C=C(\N)Cl)N(Cc1ccc(OC)cc1)S(=O)CCCF. The van der Waals surface area contributed by atoms with Crippen LogP contribution in [-0.4, -0.2) is 35.2 Å². The van der Waals surface area contributed by atoms with E-state index in [-0.39, 0.29) is 35.5 Å². The first-order chi connectivity index (χ1) is 11.9. The Morgan fingerprint density at radius 1 is 1.32 bits per heavy atom. The van der Waals surface area contributed by atoms with Crippen molar-refractivity contribution in [1.82, 2.24) is 4.31 Å². The quantitative estimate of drug-likeness (QED) is 0.363. The van der Waals surface area contributed by atoms with E-state index in [1.807, 2.05) is 12.1 Å². The van der Waals surface area contributed by atoms with E-state index in [0.717, 1.165) is 5.56 Å². The third-order valence-corrected chi connectivity index (χ3v) is 4.76. The molecule has 0 fully saturated rings. The number of alkyl halides is 1. The van der Waals surface area contributed by atoms with Crippen LogP contribution in [0.25, 0.3) is 0 Å². The van der Waals surface area contributed by atoms with E-state index in [0.29, 0.717) is 5.75 Å². The van der Waals surface area contributed by atoms with E-state index in [1.165, 1.54) is 17.5 Å². The molecule has 0 saturated carbocycles. The van der Waals surface area contributed by atoms with Gasteiger partial charge in [-0.25, -0.2) is 4.21 Å². The summed E-state index contributed by atoms with van der Waals surface area (Å²) in [7, 11) is 1.40. The zero-order valence-electron chi connectivity index (χ0n) is 14.2. The van der Waals surface area contributed by atoms with E-state index in [9.17, 15) is 8.60 Å².